The van der Waals surface area contributed by atoms with E-state index in [2.05, 4.69) is 0 Å². The summed E-state index contributed by atoms with van der Waals surface area (Å²) in [6, 6.07) is 9.23. The minimum atomic E-state index is -0.439. The van der Waals surface area contributed by atoms with Gasteiger partial charge in [0.1, 0.15) is 5.69 Å². The molecule has 1 rings (SSSR count). The second-order valence-corrected chi connectivity index (χ2v) is 2.23. The molecule has 1 aromatic carbocycles. The minimum Gasteiger partial charge on any atom is -0.236 e. The lowest BCUT2D eigenvalue weighted by Crippen LogP contribution is -2.79. The number of quaternary nitrogens is 1. The molecule has 0 aromatic heterocycles. The van der Waals surface area contributed by atoms with Gasteiger partial charge in [-0.15, -0.1) is 0 Å². The van der Waals surface area contributed by atoms with E-state index in [1.165, 1.54) is 5.32 Å². The first-order valence-electron chi connectivity index (χ1n) is 2.88. The summed E-state index contributed by atoms with van der Waals surface area (Å²) >= 11 is 5.12. The van der Waals surface area contributed by atoms with Gasteiger partial charge in [-0.1, -0.05) is 18.2 Å². The number of primary amides is 1. The highest BCUT2D eigenvalue weighted by atomic mass is 35.5. The lowest BCUT2D eigenvalue weighted by molar-refractivity contribution is -0.453. The van der Waals surface area contributed by atoms with Crippen LogP contribution in [0, 0.1) is 0 Å². The lowest BCUT2D eigenvalue weighted by atomic mass is 10.3. The standard InChI is InChI=1S/C7H6ClNO/c8-7(10)9-6-4-2-1-3-5-6/h1-5H,(H,9,10)/p+1. The molecule has 1 amide bonds. The van der Waals surface area contributed by atoms with Crippen LogP contribution in [0.3, 0.4) is 0 Å². The molecule has 0 saturated heterocycles. The van der Waals surface area contributed by atoms with E-state index in [0.717, 1.165) is 5.69 Å². The molecule has 0 atom stereocenters. The van der Waals surface area contributed by atoms with Crippen LogP contribution in [0.1, 0.15) is 0 Å². The van der Waals surface area contributed by atoms with Gasteiger partial charge < -0.3 is 0 Å². The summed E-state index contributed by atoms with van der Waals surface area (Å²) in [5, 5.41) is 0.938. The van der Waals surface area contributed by atoms with Gasteiger partial charge in [0.15, 0.2) is 0 Å². The van der Waals surface area contributed by atoms with Gasteiger partial charge in [0.25, 0.3) is 0 Å². The summed E-state index contributed by atoms with van der Waals surface area (Å²) in [6.45, 7) is 0. The van der Waals surface area contributed by atoms with Crippen LogP contribution >= 0.6 is 11.6 Å². The topological polar surface area (TPSA) is 33.7 Å². The van der Waals surface area contributed by atoms with Crippen molar-refractivity contribution in [3.05, 3.63) is 30.3 Å². The molecule has 0 aliphatic heterocycles. The molecule has 2 N–H and O–H groups in total. The van der Waals surface area contributed by atoms with Gasteiger partial charge in [-0.25, -0.2) is 10.1 Å². The van der Waals surface area contributed by atoms with E-state index in [1.54, 1.807) is 0 Å². The molecular weight excluding hydrogens is 150 g/mol. The van der Waals surface area contributed by atoms with Crippen LogP contribution in [0.15, 0.2) is 30.3 Å². The van der Waals surface area contributed by atoms with Crippen molar-refractivity contribution in [3.63, 3.8) is 0 Å². The van der Waals surface area contributed by atoms with Crippen LogP contribution < -0.4 is 5.32 Å². The molecule has 0 heterocycles. The molecule has 1 aromatic rings. The number of hydrogen-bond donors (Lipinski definition) is 1. The number of rotatable bonds is 1. The van der Waals surface area contributed by atoms with Crippen LogP contribution in [0.5, 0.6) is 0 Å². The van der Waals surface area contributed by atoms with Crippen LogP contribution in [-0.4, -0.2) is 5.37 Å². The predicted molar refractivity (Wildman–Crippen MR) is 39.3 cm³/mol. The quantitative estimate of drug-likeness (QED) is 0.371. The fourth-order valence-electron chi connectivity index (χ4n) is 0.680. The van der Waals surface area contributed by atoms with E-state index in [9.17, 15) is 4.79 Å². The molecule has 0 radical (unpaired) electrons. The molecular formula is C7H7ClNO+. The number of para-hydroxylation sites is 1. The van der Waals surface area contributed by atoms with Gasteiger partial charge in [0.05, 0.1) is 0 Å². The van der Waals surface area contributed by atoms with Crippen molar-refractivity contribution in [2.24, 2.45) is 0 Å². The monoisotopic (exact) mass is 156 g/mol. The number of hydrogen-bond acceptors (Lipinski definition) is 1. The zero-order valence-corrected chi connectivity index (χ0v) is 6.01. The maximum absolute atomic E-state index is 10.3. The molecule has 0 spiro atoms. The minimum absolute atomic E-state index is 0.439. The van der Waals surface area contributed by atoms with Crippen LogP contribution in [0.2, 0.25) is 0 Å². The summed E-state index contributed by atoms with van der Waals surface area (Å²) in [5.41, 5.74) is 0.836. The van der Waals surface area contributed by atoms with Gasteiger partial charge in [0.2, 0.25) is 0 Å². The Labute approximate surface area is 63.8 Å². The first-order chi connectivity index (χ1) is 4.79. The summed E-state index contributed by atoms with van der Waals surface area (Å²) in [6.07, 6.45) is 0. The van der Waals surface area contributed by atoms with E-state index in [0.29, 0.717) is 0 Å². The predicted octanol–water partition coefficient (Wildman–Crippen LogP) is 1.24. The zero-order chi connectivity index (χ0) is 7.40. The molecule has 3 heteroatoms. The third-order valence-corrected chi connectivity index (χ3v) is 1.19. The average molecular weight is 157 g/mol. The number of halogens is 1. The maximum Gasteiger partial charge on any atom is 0.413 e. The Morgan fingerprint density at radius 2 is 1.90 bits per heavy atom. The van der Waals surface area contributed by atoms with Crippen LogP contribution in [-0.2, 0) is 0 Å². The summed E-state index contributed by atoms with van der Waals surface area (Å²) < 4.78 is 0. The summed E-state index contributed by atoms with van der Waals surface area (Å²) in [4.78, 5) is 10.3. The fourth-order valence-corrected chi connectivity index (χ4v) is 0.806. The molecule has 0 bridgehead atoms. The second kappa shape index (κ2) is 3.34. The van der Waals surface area contributed by atoms with E-state index in [4.69, 9.17) is 11.6 Å². The molecule has 0 fully saturated rings. The first kappa shape index (κ1) is 7.25. The zero-order valence-electron chi connectivity index (χ0n) is 5.25. The lowest BCUT2D eigenvalue weighted by Gasteiger charge is -1.90. The van der Waals surface area contributed by atoms with Gasteiger partial charge in [-0.2, -0.15) is 0 Å². The van der Waals surface area contributed by atoms with Crippen LogP contribution in [0.4, 0.5) is 10.5 Å². The van der Waals surface area contributed by atoms with Crippen molar-refractivity contribution in [2.45, 2.75) is 0 Å². The third-order valence-electron chi connectivity index (χ3n) is 1.08. The normalized spacial score (nSPS) is 9.30. The number of carbonyl (C=O) groups is 1. The Balaban J connectivity index is 2.67. The van der Waals surface area contributed by atoms with Crippen molar-refractivity contribution in [1.29, 1.82) is 0 Å². The average Bonchev–Trinajstić information content (AvgIpc) is 1.88. The van der Waals surface area contributed by atoms with Crippen LogP contribution in [0.25, 0.3) is 0 Å². The SMILES string of the molecule is O=C(Cl)[NH2+]c1ccccc1. The first-order valence-corrected chi connectivity index (χ1v) is 3.26. The van der Waals surface area contributed by atoms with E-state index in [-0.39, 0.29) is 0 Å². The van der Waals surface area contributed by atoms with Gasteiger partial charge in [-0.3, -0.25) is 0 Å². The molecule has 52 valence electrons. The highest BCUT2D eigenvalue weighted by Gasteiger charge is 1.99. The Bertz CT molecular complexity index is 222. The van der Waals surface area contributed by atoms with Crippen molar-refractivity contribution >= 4 is 22.7 Å². The van der Waals surface area contributed by atoms with Gasteiger partial charge in [0, 0.05) is 11.6 Å². The van der Waals surface area contributed by atoms with Crippen molar-refractivity contribution < 1.29 is 10.1 Å². The van der Waals surface area contributed by atoms with E-state index < -0.39 is 5.37 Å². The fraction of sp³-hybridized carbons (Fsp3) is 0. The van der Waals surface area contributed by atoms with Gasteiger partial charge in [-0.05, 0) is 12.1 Å². The molecule has 0 unspecified atom stereocenters. The van der Waals surface area contributed by atoms with Crippen molar-refractivity contribution in [1.82, 2.24) is 0 Å². The Morgan fingerprint density at radius 1 is 1.30 bits per heavy atom. The summed E-state index contributed by atoms with van der Waals surface area (Å²) in [5.74, 6) is 0. The second-order valence-electron chi connectivity index (χ2n) is 1.86. The highest BCUT2D eigenvalue weighted by molar-refractivity contribution is 6.60. The third kappa shape index (κ3) is 2.17. The summed E-state index contributed by atoms with van der Waals surface area (Å²) in [7, 11) is 0. The number of nitrogens with two attached hydrogens (primary N) is 1. The largest absolute Gasteiger partial charge is 0.413 e. The number of amides is 1. The van der Waals surface area contributed by atoms with Crippen molar-refractivity contribution in [3.8, 4) is 0 Å². The smallest absolute Gasteiger partial charge is 0.236 e. The van der Waals surface area contributed by atoms with E-state index in [1.807, 2.05) is 30.3 Å². The molecule has 0 aliphatic rings. The Hall–Kier alpha value is -0.860. The molecule has 0 saturated carbocycles. The molecule has 2 nitrogen and oxygen atoms in total. The molecule has 10 heavy (non-hydrogen) atoms. The molecule has 0 aliphatic carbocycles. The van der Waals surface area contributed by atoms with Crippen molar-refractivity contribution in [2.75, 3.05) is 0 Å². The number of carbonyl (C=O) groups excluding carboxylic acids is 1. The number of benzene rings is 1. The van der Waals surface area contributed by atoms with E-state index >= 15 is 0 Å². The maximum atomic E-state index is 10.3. The Kier molecular flexibility index (Phi) is 2.42. The van der Waals surface area contributed by atoms with Gasteiger partial charge >= 0.3 is 5.37 Å². The highest BCUT2D eigenvalue weighted by Crippen LogP contribution is 1.96. The Morgan fingerprint density at radius 3 is 2.40 bits per heavy atom.